The van der Waals surface area contributed by atoms with E-state index in [-0.39, 0.29) is 17.5 Å². The molecule has 1 rings (SSSR count). The van der Waals surface area contributed by atoms with E-state index >= 15 is 0 Å². The van der Waals surface area contributed by atoms with Crippen molar-refractivity contribution in [2.45, 2.75) is 38.1 Å². The normalized spacial score (nSPS) is 12.1. The van der Waals surface area contributed by atoms with Crippen molar-refractivity contribution in [3.8, 4) is 0 Å². The first-order valence-electron chi connectivity index (χ1n) is 6.90. The second-order valence-electron chi connectivity index (χ2n) is 4.84. The number of sulfonamides is 1. The molecule has 114 valence electrons. The molecule has 1 aromatic carbocycles. The maximum Gasteiger partial charge on any atom is 0.243 e. The maximum absolute atomic E-state index is 12.6. The van der Waals surface area contributed by atoms with Crippen LogP contribution in [0.5, 0.6) is 0 Å². The lowest BCUT2D eigenvalue weighted by atomic mass is 10.3. The van der Waals surface area contributed by atoms with Crippen LogP contribution in [0.15, 0.2) is 29.2 Å². The number of aliphatic hydroxyl groups excluding tert-OH is 1. The molecule has 0 unspecified atom stereocenters. The van der Waals surface area contributed by atoms with Crippen molar-refractivity contribution in [3.05, 3.63) is 24.3 Å². The average Bonchev–Trinajstić information content (AvgIpc) is 2.39. The zero-order valence-electron chi connectivity index (χ0n) is 12.3. The predicted molar refractivity (Wildman–Crippen MR) is 81.3 cm³/mol. The molecule has 0 saturated heterocycles. The van der Waals surface area contributed by atoms with Gasteiger partial charge < -0.3 is 10.4 Å². The lowest BCUT2D eigenvalue weighted by Crippen LogP contribution is -2.38. The zero-order chi connectivity index (χ0) is 15.2. The SMILES string of the molecule is CCNc1ccc(S(=O)(=O)N(CCCO)C(C)C)cc1. The molecular weight excluding hydrogens is 276 g/mol. The molecule has 0 atom stereocenters. The third-order valence-electron chi connectivity index (χ3n) is 2.95. The van der Waals surface area contributed by atoms with Crippen molar-refractivity contribution in [1.29, 1.82) is 0 Å². The summed E-state index contributed by atoms with van der Waals surface area (Å²) in [4.78, 5) is 0.283. The first kappa shape index (κ1) is 16.9. The Hall–Kier alpha value is -1.11. The number of nitrogens with one attached hydrogen (secondary N) is 1. The highest BCUT2D eigenvalue weighted by atomic mass is 32.2. The fraction of sp³-hybridized carbons (Fsp3) is 0.571. The second kappa shape index (κ2) is 7.61. The third-order valence-corrected chi connectivity index (χ3v) is 5.04. The van der Waals surface area contributed by atoms with Gasteiger partial charge in [-0.15, -0.1) is 0 Å². The van der Waals surface area contributed by atoms with Crippen molar-refractivity contribution < 1.29 is 13.5 Å². The van der Waals surface area contributed by atoms with Gasteiger partial charge in [-0.3, -0.25) is 0 Å². The van der Waals surface area contributed by atoms with E-state index in [9.17, 15) is 8.42 Å². The number of rotatable bonds is 8. The van der Waals surface area contributed by atoms with Crippen LogP contribution in [0, 0.1) is 0 Å². The van der Waals surface area contributed by atoms with Crippen LogP contribution in [0.2, 0.25) is 0 Å². The molecule has 0 fully saturated rings. The van der Waals surface area contributed by atoms with Gasteiger partial charge >= 0.3 is 0 Å². The fourth-order valence-electron chi connectivity index (χ4n) is 1.97. The van der Waals surface area contributed by atoms with Crippen molar-refractivity contribution in [3.63, 3.8) is 0 Å². The van der Waals surface area contributed by atoms with Gasteiger partial charge in [0.1, 0.15) is 0 Å². The van der Waals surface area contributed by atoms with Crippen LogP contribution < -0.4 is 5.32 Å². The predicted octanol–water partition coefficient (Wildman–Crippen LogP) is 1.90. The molecule has 0 saturated carbocycles. The van der Waals surface area contributed by atoms with Crippen LogP contribution in [0.1, 0.15) is 27.2 Å². The smallest absolute Gasteiger partial charge is 0.243 e. The summed E-state index contributed by atoms with van der Waals surface area (Å²) in [5.41, 5.74) is 0.901. The van der Waals surface area contributed by atoms with Gasteiger partial charge in [-0.2, -0.15) is 4.31 Å². The number of benzene rings is 1. The Morgan fingerprint density at radius 3 is 2.30 bits per heavy atom. The lowest BCUT2D eigenvalue weighted by molar-refractivity contribution is 0.258. The topological polar surface area (TPSA) is 69.6 Å². The Balaban J connectivity index is 3.00. The largest absolute Gasteiger partial charge is 0.396 e. The first-order chi connectivity index (χ1) is 9.43. The van der Waals surface area contributed by atoms with Crippen molar-refractivity contribution in [2.24, 2.45) is 0 Å². The van der Waals surface area contributed by atoms with Gasteiger partial charge in [-0.1, -0.05) is 0 Å². The molecule has 2 N–H and O–H groups in total. The van der Waals surface area contributed by atoms with Crippen LogP contribution in [0.3, 0.4) is 0 Å². The van der Waals surface area contributed by atoms with Gasteiger partial charge in [0.15, 0.2) is 0 Å². The molecule has 0 aromatic heterocycles. The fourth-order valence-corrected chi connectivity index (χ4v) is 3.64. The molecule has 0 aliphatic heterocycles. The summed E-state index contributed by atoms with van der Waals surface area (Å²) in [6.45, 7) is 6.76. The minimum atomic E-state index is -3.51. The van der Waals surface area contributed by atoms with Gasteiger partial charge in [0.2, 0.25) is 10.0 Å². The summed E-state index contributed by atoms with van der Waals surface area (Å²) in [5.74, 6) is 0. The second-order valence-corrected chi connectivity index (χ2v) is 6.73. The van der Waals surface area contributed by atoms with Crippen molar-refractivity contribution in [1.82, 2.24) is 4.31 Å². The molecule has 6 heteroatoms. The van der Waals surface area contributed by atoms with Crippen LogP contribution in [-0.4, -0.2) is 43.6 Å². The van der Waals surface area contributed by atoms with E-state index in [1.165, 1.54) is 4.31 Å². The highest BCUT2D eigenvalue weighted by molar-refractivity contribution is 7.89. The van der Waals surface area contributed by atoms with Gasteiger partial charge in [-0.05, 0) is 51.5 Å². The molecule has 0 radical (unpaired) electrons. The van der Waals surface area contributed by atoms with E-state index < -0.39 is 10.0 Å². The average molecular weight is 300 g/mol. The first-order valence-corrected chi connectivity index (χ1v) is 8.34. The summed E-state index contributed by atoms with van der Waals surface area (Å²) in [6, 6.07) is 6.62. The zero-order valence-corrected chi connectivity index (χ0v) is 13.2. The van der Waals surface area contributed by atoms with E-state index in [1.807, 2.05) is 20.8 Å². The van der Waals surface area contributed by atoms with Gasteiger partial charge in [0.25, 0.3) is 0 Å². The van der Waals surface area contributed by atoms with Crippen LogP contribution in [-0.2, 0) is 10.0 Å². The summed E-state index contributed by atoms with van der Waals surface area (Å²) < 4.78 is 26.6. The molecule has 5 nitrogen and oxygen atoms in total. The summed E-state index contributed by atoms with van der Waals surface area (Å²) >= 11 is 0. The number of hydrogen-bond donors (Lipinski definition) is 2. The van der Waals surface area contributed by atoms with Gasteiger partial charge in [0, 0.05) is 31.4 Å². The Kier molecular flexibility index (Phi) is 6.45. The standard InChI is InChI=1S/C14H24N2O3S/c1-4-15-13-6-8-14(9-7-13)20(18,19)16(12(2)3)10-5-11-17/h6-9,12,15,17H,4-5,10-11H2,1-3H3. The number of hydrogen-bond acceptors (Lipinski definition) is 4. The Labute approximate surface area is 121 Å². The third kappa shape index (κ3) is 4.19. The summed E-state index contributed by atoms with van der Waals surface area (Å²) in [6.07, 6.45) is 0.437. The molecule has 1 aromatic rings. The quantitative estimate of drug-likeness (QED) is 0.769. The van der Waals surface area contributed by atoms with Crippen molar-refractivity contribution >= 4 is 15.7 Å². The van der Waals surface area contributed by atoms with E-state index in [0.29, 0.717) is 13.0 Å². The van der Waals surface area contributed by atoms with Gasteiger partial charge in [0.05, 0.1) is 4.90 Å². The van der Waals surface area contributed by atoms with E-state index in [4.69, 9.17) is 5.11 Å². The molecule has 0 aliphatic rings. The molecule has 0 bridgehead atoms. The minimum absolute atomic E-state index is 0.0158. The van der Waals surface area contributed by atoms with E-state index in [0.717, 1.165) is 12.2 Å². The van der Waals surface area contributed by atoms with Crippen LogP contribution in [0.4, 0.5) is 5.69 Å². The summed E-state index contributed by atoms with van der Waals surface area (Å²) in [5, 5.41) is 12.0. The monoisotopic (exact) mass is 300 g/mol. The Bertz CT molecular complexity index is 498. The number of anilines is 1. The van der Waals surface area contributed by atoms with Gasteiger partial charge in [-0.25, -0.2) is 8.42 Å². The maximum atomic E-state index is 12.6. The molecule has 20 heavy (non-hydrogen) atoms. The van der Waals surface area contributed by atoms with Crippen LogP contribution >= 0.6 is 0 Å². The van der Waals surface area contributed by atoms with Crippen LogP contribution in [0.25, 0.3) is 0 Å². The number of aliphatic hydroxyl groups is 1. The Morgan fingerprint density at radius 1 is 1.25 bits per heavy atom. The molecular formula is C14H24N2O3S. The van der Waals surface area contributed by atoms with E-state index in [1.54, 1.807) is 24.3 Å². The highest BCUT2D eigenvalue weighted by Gasteiger charge is 2.26. The molecule has 0 aliphatic carbocycles. The minimum Gasteiger partial charge on any atom is -0.396 e. The molecule has 0 amide bonds. The van der Waals surface area contributed by atoms with E-state index in [2.05, 4.69) is 5.32 Å². The number of nitrogens with zero attached hydrogens (tertiary/aromatic N) is 1. The van der Waals surface area contributed by atoms with Crippen molar-refractivity contribution in [2.75, 3.05) is 25.0 Å². The lowest BCUT2D eigenvalue weighted by Gasteiger charge is -2.25. The molecule has 0 heterocycles. The Morgan fingerprint density at radius 2 is 1.85 bits per heavy atom. The highest BCUT2D eigenvalue weighted by Crippen LogP contribution is 2.20. The summed E-state index contributed by atoms with van der Waals surface area (Å²) in [7, 11) is -3.51. The molecule has 0 spiro atoms.